The smallest absolute Gasteiger partial charge is 0.247 e. The summed E-state index contributed by atoms with van der Waals surface area (Å²) in [6.45, 7) is 17.4. The molecule has 0 saturated carbocycles. The highest BCUT2D eigenvalue weighted by Gasteiger charge is 2.76. The zero-order chi connectivity index (χ0) is 32.2. The molecule has 3 fully saturated rings. The summed E-state index contributed by atoms with van der Waals surface area (Å²) in [5, 5.41) is 10.4. The molecule has 3 unspecified atom stereocenters. The first-order valence-electron chi connectivity index (χ1n) is 15.9. The van der Waals surface area contributed by atoms with Gasteiger partial charge >= 0.3 is 0 Å². The second kappa shape index (κ2) is 14.9. The van der Waals surface area contributed by atoms with E-state index in [1.54, 1.807) is 38.6 Å². The number of aliphatic hydroxyl groups excluding tert-OH is 1. The molecular formula is C34H48BrN3O5S. The third-order valence-corrected chi connectivity index (χ3v) is 12.3. The van der Waals surface area contributed by atoms with E-state index in [0.29, 0.717) is 44.0 Å². The molecule has 4 rings (SSSR count). The van der Waals surface area contributed by atoms with Gasteiger partial charge < -0.3 is 24.5 Å². The number of aliphatic hydroxyl groups is 1. The summed E-state index contributed by atoms with van der Waals surface area (Å²) < 4.78 is 4.82. The lowest BCUT2D eigenvalue weighted by molar-refractivity contribution is -0.146. The number of hydrogen-bond acceptors (Lipinski definition) is 6. The average Bonchev–Trinajstić information content (AvgIpc) is 3.60. The lowest BCUT2D eigenvalue weighted by Gasteiger charge is -2.40. The second-order valence-corrected chi connectivity index (χ2v) is 15.2. The lowest BCUT2D eigenvalue weighted by atomic mass is 9.70. The maximum Gasteiger partial charge on any atom is 0.247 e. The van der Waals surface area contributed by atoms with E-state index in [4.69, 9.17) is 4.74 Å². The number of nitrogens with zero attached hydrogens (tertiary/aromatic N) is 3. The molecule has 3 heterocycles. The van der Waals surface area contributed by atoms with Crippen LogP contribution in [0.2, 0.25) is 0 Å². The molecule has 242 valence electrons. The minimum absolute atomic E-state index is 0.0483. The molecule has 3 aliphatic rings. The molecular weight excluding hydrogens is 642 g/mol. The van der Waals surface area contributed by atoms with Crippen LogP contribution in [0, 0.1) is 17.8 Å². The fraction of sp³-hybridized carbons (Fsp3) is 0.618. The molecule has 1 aromatic rings. The van der Waals surface area contributed by atoms with Crippen molar-refractivity contribution in [3.63, 3.8) is 0 Å². The second-order valence-electron chi connectivity index (χ2n) is 12.5. The maximum atomic E-state index is 14.7. The highest BCUT2D eigenvalue weighted by molar-refractivity contribution is 9.09. The first kappa shape index (κ1) is 34.6. The van der Waals surface area contributed by atoms with Gasteiger partial charge in [-0.15, -0.1) is 24.9 Å². The Balaban J connectivity index is 1.80. The van der Waals surface area contributed by atoms with Crippen molar-refractivity contribution in [1.82, 2.24) is 9.80 Å². The average molecular weight is 691 g/mol. The van der Waals surface area contributed by atoms with Crippen LogP contribution in [-0.4, -0.2) is 92.4 Å². The fourth-order valence-electron chi connectivity index (χ4n) is 7.33. The topological polar surface area (TPSA) is 90.4 Å². The molecule has 2 bridgehead atoms. The van der Waals surface area contributed by atoms with E-state index < -0.39 is 28.7 Å². The van der Waals surface area contributed by atoms with Gasteiger partial charge in [-0.1, -0.05) is 55.3 Å². The first-order valence-corrected chi connectivity index (χ1v) is 17.7. The number of carbonyl (C=O) groups is 3. The fourth-order valence-corrected chi connectivity index (χ4v) is 10.9. The molecule has 0 aliphatic carbocycles. The minimum atomic E-state index is -0.790. The zero-order valence-corrected chi connectivity index (χ0v) is 28.9. The summed E-state index contributed by atoms with van der Waals surface area (Å²) in [5.74, 6) is -0.872. The summed E-state index contributed by atoms with van der Waals surface area (Å²) in [5.41, 5.74) is 0.700. The van der Waals surface area contributed by atoms with Crippen molar-refractivity contribution in [2.45, 2.75) is 80.3 Å². The summed E-state index contributed by atoms with van der Waals surface area (Å²) >= 11 is 5.50. The van der Waals surface area contributed by atoms with Crippen molar-refractivity contribution in [2.24, 2.45) is 17.8 Å². The monoisotopic (exact) mass is 689 g/mol. The van der Waals surface area contributed by atoms with Gasteiger partial charge in [0, 0.05) is 35.4 Å². The van der Waals surface area contributed by atoms with Gasteiger partial charge in [0.1, 0.15) is 11.8 Å². The summed E-state index contributed by atoms with van der Waals surface area (Å²) in [7, 11) is 0. The molecule has 3 saturated heterocycles. The van der Waals surface area contributed by atoms with Gasteiger partial charge in [-0.05, 0) is 56.4 Å². The van der Waals surface area contributed by atoms with Crippen molar-refractivity contribution < 1.29 is 24.2 Å². The van der Waals surface area contributed by atoms with Crippen molar-refractivity contribution >= 4 is 51.1 Å². The van der Waals surface area contributed by atoms with Crippen LogP contribution < -0.4 is 9.64 Å². The number of amides is 3. The Hall–Kier alpha value is -2.30. The molecule has 1 spiro atoms. The van der Waals surface area contributed by atoms with Crippen molar-refractivity contribution in [3.8, 4) is 5.75 Å². The van der Waals surface area contributed by atoms with Gasteiger partial charge in [0.25, 0.3) is 0 Å². The van der Waals surface area contributed by atoms with E-state index in [2.05, 4.69) is 49.9 Å². The van der Waals surface area contributed by atoms with E-state index in [-0.39, 0.29) is 46.9 Å². The van der Waals surface area contributed by atoms with Crippen LogP contribution in [0.15, 0.2) is 49.6 Å². The lowest BCUT2D eigenvalue weighted by Crippen LogP contribution is -2.58. The molecule has 44 heavy (non-hydrogen) atoms. The highest BCUT2D eigenvalue weighted by Crippen LogP contribution is 2.68. The number of likely N-dealkylation sites (tertiary alicyclic amines) is 1. The van der Waals surface area contributed by atoms with E-state index in [1.165, 1.54) is 0 Å². The molecule has 1 aromatic carbocycles. The van der Waals surface area contributed by atoms with Crippen molar-refractivity contribution in [3.05, 3.63) is 49.6 Å². The Labute approximate surface area is 275 Å². The van der Waals surface area contributed by atoms with Crippen LogP contribution in [0.5, 0.6) is 5.75 Å². The Morgan fingerprint density at radius 3 is 2.43 bits per heavy atom. The predicted octanol–water partition coefficient (Wildman–Crippen LogP) is 5.29. The van der Waals surface area contributed by atoms with E-state index >= 15 is 0 Å². The predicted molar refractivity (Wildman–Crippen MR) is 181 cm³/mol. The van der Waals surface area contributed by atoms with E-state index in [0.717, 1.165) is 12.8 Å². The normalized spacial score (nSPS) is 27.8. The third-order valence-electron chi connectivity index (χ3n) is 9.07. The molecule has 7 atom stereocenters. The van der Waals surface area contributed by atoms with Gasteiger partial charge in [-0.3, -0.25) is 14.4 Å². The van der Waals surface area contributed by atoms with Crippen LogP contribution in [0.4, 0.5) is 5.69 Å². The number of thioether (sulfide) groups is 1. The Morgan fingerprint density at radius 1 is 1.18 bits per heavy atom. The molecule has 1 N–H and O–H groups in total. The van der Waals surface area contributed by atoms with Gasteiger partial charge in [-0.25, -0.2) is 0 Å². The van der Waals surface area contributed by atoms with E-state index in [9.17, 15) is 19.5 Å². The van der Waals surface area contributed by atoms with Gasteiger partial charge in [0.2, 0.25) is 17.7 Å². The quantitative estimate of drug-likeness (QED) is 0.187. The number of alkyl halides is 1. The molecule has 10 heteroatoms. The van der Waals surface area contributed by atoms with E-state index in [1.807, 2.05) is 31.2 Å². The zero-order valence-electron chi connectivity index (χ0n) is 26.5. The van der Waals surface area contributed by atoms with Gasteiger partial charge in [0.05, 0.1) is 35.8 Å². The number of fused-ring (bicyclic) bond motifs is 1. The van der Waals surface area contributed by atoms with Crippen LogP contribution >= 0.6 is 27.7 Å². The van der Waals surface area contributed by atoms with Crippen molar-refractivity contribution in [2.75, 3.05) is 37.7 Å². The number of unbranched alkanes of at least 4 members (excludes halogenated alkanes) is 1. The van der Waals surface area contributed by atoms with Crippen molar-refractivity contribution in [1.29, 1.82) is 0 Å². The SMILES string of the molecule is C=CCN(CCCC)C(=O)C1N([C@@H](CO)CC(C)C)C(=O)[C@@H]2[C@@H](C(=O)N(CC=C)c3ccc(OCC)cc3)[C@@H]3SC12CC3Br. The first-order chi connectivity index (χ1) is 21.1. The number of carbonyl (C=O) groups excluding carboxylic acids is 3. The summed E-state index contributed by atoms with van der Waals surface area (Å²) in [6, 6.07) is 6.09. The Kier molecular flexibility index (Phi) is 11.7. The maximum absolute atomic E-state index is 14.7. The number of ether oxygens (including phenoxy) is 1. The van der Waals surface area contributed by atoms with Crippen LogP contribution in [0.25, 0.3) is 0 Å². The molecule has 8 nitrogen and oxygen atoms in total. The number of anilines is 1. The largest absolute Gasteiger partial charge is 0.494 e. The highest BCUT2D eigenvalue weighted by atomic mass is 79.9. The minimum Gasteiger partial charge on any atom is -0.494 e. The summed E-state index contributed by atoms with van der Waals surface area (Å²) in [6.07, 6.45) is 6.33. The summed E-state index contributed by atoms with van der Waals surface area (Å²) in [4.78, 5) is 49.1. The number of benzene rings is 1. The number of rotatable bonds is 16. The third kappa shape index (κ3) is 6.36. The van der Waals surface area contributed by atoms with Crippen LogP contribution in [0.1, 0.15) is 53.4 Å². The number of hydrogen-bond donors (Lipinski definition) is 1. The van der Waals surface area contributed by atoms with Gasteiger partial charge in [0.15, 0.2) is 0 Å². The standard InChI is InChI=1S/C34H48BrN3O5S/c1-7-11-18-36(16-8-2)33(42)30-34-20-26(35)29(44-34)27(28(34)32(41)38(30)24(21-39)19-22(5)6)31(40)37(17-9-3)23-12-14-25(15-13-23)43-10-4/h8-9,12-15,22,24,26-30,39H,2-3,7,10-11,16-21H2,1,4-6H3/t24-,26?,27-,28+,29-,30?,34?/m1/s1. The Bertz CT molecular complexity index is 1210. The molecule has 0 radical (unpaired) electrons. The molecule has 0 aromatic heterocycles. The number of halogens is 1. The van der Waals surface area contributed by atoms with Crippen LogP contribution in [-0.2, 0) is 14.4 Å². The molecule has 3 aliphatic heterocycles. The van der Waals surface area contributed by atoms with Gasteiger partial charge in [-0.2, -0.15) is 0 Å². The Morgan fingerprint density at radius 2 is 1.86 bits per heavy atom. The molecule has 3 amide bonds. The van der Waals surface area contributed by atoms with Crippen LogP contribution in [0.3, 0.4) is 0 Å².